The molecule has 0 atom stereocenters. The summed E-state index contributed by atoms with van der Waals surface area (Å²) in [5, 5.41) is 3.84. The largest absolute Gasteiger partial charge is 0.416 e. The third-order valence-corrected chi connectivity index (χ3v) is 6.25. The van der Waals surface area contributed by atoms with Crippen LogP contribution >= 0.6 is 0 Å². The first-order valence-electron chi connectivity index (χ1n) is 11.3. The number of nitrogens with one attached hydrogen (secondary N) is 2. The fourth-order valence-corrected chi connectivity index (χ4v) is 4.42. The van der Waals surface area contributed by atoms with Gasteiger partial charge in [-0.3, -0.25) is 14.7 Å². The van der Waals surface area contributed by atoms with Gasteiger partial charge in [-0.1, -0.05) is 24.3 Å². The second-order valence-corrected chi connectivity index (χ2v) is 8.52. The molecule has 4 aromatic rings. The van der Waals surface area contributed by atoms with E-state index < -0.39 is 17.6 Å². The number of pyridine rings is 1. The lowest BCUT2D eigenvalue weighted by atomic mass is 10.1. The monoisotopic (exact) mass is 479 g/mol. The fourth-order valence-electron chi connectivity index (χ4n) is 4.42. The number of alkyl halides is 3. The molecule has 1 saturated heterocycles. The van der Waals surface area contributed by atoms with Crippen LogP contribution in [-0.2, 0) is 12.7 Å². The molecule has 0 spiro atoms. The number of anilines is 2. The lowest BCUT2D eigenvalue weighted by molar-refractivity contribution is -0.137. The van der Waals surface area contributed by atoms with Crippen molar-refractivity contribution >= 4 is 28.2 Å². The molecule has 1 aliphatic rings. The highest BCUT2D eigenvalue weighted by atomic mass is 19.4. The highest BCUT2D eigenvalue weighted by Crippen LogP contribution is 2.36. The van der Waals surface area contributed by atoms with Gasteiger partial charge in [0.25, 0.3) is 5.91 Å². The number of para-hydroxylation sites is 1. The van der Waals surface area contributed by atoms with E-state index in [1.165, 1.54) is 29.3 Å². The maximum absolute atomic E-state index is 13.4. The number of aromatic amines is 1. The standard InChI is InChI=1S/C26H24F3N5O/c27-26(28,29)19-8-9-24(23(15-19)32-25(35)22-7-3-4-10-30-22)34-13-11-33(12-14-34)17-18-16-31-21-6-2-1-5-20(18)21/h1-10,15-16,31H,11-14,17H2,(H,32,35). The van der Waals surface area contributed by atoms with Gasteiger partial charge >= 0.3 is 6.18 Å². The first kappa shape index (κ1) is 22.9. The lowest BCUT2D eigenvalue weighted by Gasteiger charge is -2.37. The van der Waals surface area contributed by atoms with Crippen LogP contribution < -0.4 is 10.2 Å². The Morgan fingerprint density at radius 3 is 2.51 bits per heavy atom. The average molecular weight is 480 g/mol. The molecule has 0 saturated carbocycles. The van der Waals surface area contributed by atoms with Crippen molar-refractivity contribution in [2.45, 2.75) is 12.7 Å². The van der Waals surface area contributed by atoms with E-state index in [4.69, 9.17) is 0 Å². The average Bonchev–Trinajstić information content (AvgIpc) is 3.27. The second-order valence-electron chi connectivity index (χ2n) is 8.52. The molecule has 3 heterocycles. The summed E-state index contributed by atoms with van der Waals surface area (Å²) in [5.74, 6) is -0.552. The van der Waals surface area contributed by atoms with Crippen molar-refractivity contribution in [3.63, 3.8) is 0 Å². The van der Waals surface area contributed by atoms with Crippen LogP contribution in [0.3, 0.4) is 0 Å². The second kappa shape index (κ2) is 9.42. The van der Waals surface area contributed by atoms with Gasteiger partial charge in [-0.25, -0.2) is 0 Å². The van der Waals surface area contributed by atoms with Crippen molar-refractivity contribution in [3.8, 4) is 0 Å². The summed E-state index contributed by atoms with van der Waals surface area (Å²) in [7, 11) is 0. The number of hydrogen-bond acceptors (Lipinski definition) is 4. The Morgan fingerprint density at radius 2 is 1.77 bits per heavy atom. The minimum Gasteiger partial charge on any atom is -0.367 e. The Hall–Kier alpha value is -3.85. The molecule has 6 nitrogen and oxygen atoms in total. The predicted molar refractivity (Wildman–Crippen MR) is 129 cm³/mol. The van der Waals surface area contributed by atoms with Gasteiger partial charge in [-0.15, -0.1) is 0 Å². The molecule has 2 N–H and O–H groups in total. The molecule has 0 unspecified atom stereocenters. The number of hydrogen-bond donors (Lipinski definition) is 2. The summed E-state index contributed by atoms with van der Waals surface area (Å²) in [5.41, 5.74) is 2.33. The van der Waals surface area contributed by atoms with Crippen molar-refractivity contribution in [1.29, 1.82) is 0 Å². The summed E-state index contributed by atoms with van der Waals surface area (Å²) in [6.07, 6.45) is -1.02. The molecule has 1 amide bonds. The maximum Gasteiger partial charge on any atom is 0.416 e. The third kappa shape index (κ3) is 5.00. The van der Waals surface area contributed by atoms with Gasteiger partial charge in [0.15, 0.2) is 0 Å². The van der Waals surface area contributed by atoms with Gasteiger partial charge in [0.2, 0.25) is 0 Å². The van der Waals surface area contributed by atoms with Gasteiger partial charge in [0, 0.05) is 56.0 Å². The Balaban J connectivity index is 1.33. The van der Waals surface area contributed by atoms with Crippen LogP contribution in [0.15, 0.2) is 73.1 Å². The van der Waals surface area contributed by atoms with E-state index in [2.05, 4.69) is 26.3 Å². The topological polar surface area (TPSA) is 64.3 Å². The molecule has 35 heavy (non-hydrogen) atoms. The normalized spacial score (nSPS) is 14.9. The molecule has 0 aliphatic carbocycles. The number of benzene rings is 2. The van der Waals surface area contributed by atoms with Crippen LogP contribution in [-0.4, -0.2) is 47.0 Å². The van der Waals surface area contributed by atoms with Gasteiger partial charge in [-0.2, -0.15) is 13.2 Å². The van der Waals surface area contributed by atoms with Crippen LogP contribution in [0.2, 0.25) is 0 Å². The van der Waals surface area contributed by atoms with Gasteiger partial charge in [0.05, 0.1) is 16.9 Å². The molecule has 0 bridgehead atoms. The highest BCUT2D eigenvalue weighted by molar-refractivity contribution is 6.04. The first-order chi connectivity index (χ1) is 16.9. The van der Waals surface area contributed by atoms with Gasteiger partial charge < -0.3 is 15.2 Å². The summed E-state index contributed by atoms with van der Waals surface area (Å²) in [6, 6.07) is 16.5. The van der Waals surface area contributed by atoms with Crippen molar-refractivity contribution in [2.75, 3.05) is 36.4 Å². The van der Waals surface area contributed by atoms with Gasteiger partial charge in [-0.05, 0) is 42.0 Å². The van der Waals surface area contributed by atoms with Crippen molar-refractivity contribution in [2.24, 2.45) is 0 Å². The molecule has 9 heteroatoms. The smallest absolute Gasteiger partial charge is 0.367 e. The molecular formula is C26H24F3N5O. The summed E-state index contributed by atoms with van der Waals surface area (Å²) < 4.78 is 40.2. The van der Waals surface area contributed by atoms with Crippen LogP contribution in [0.4, 0.5) is 24.5 Å². The Morgan fingerprint density at radius 1 is 1.00 bits per heavy atom. The number of rotatable bonds is 5. The zero-order chi connectivity index (χ0) is 24.4. The summed E-state index contributed by atoms with van der Waals surface area (Å²) >= 11 is 0. The molecule has 180 valence electrons. The molecule has 1 fully saturated rings. The SMILES string of the molecule is O=C(Nc1cc(C(F)(F)F)ccc1N1CCN(Cc2c[nH]c3ccccc23)CC1)c1ccccn1. The minimum absolute atomic E-state index is 0.126. The molecule has 0 radical (unpaired) electrons. The van der Waals surface area contributed by atoms with Crippen LogP contribution in [0.1, 0.15) is 21.6 Å². The first-order valence-corrected chi connectivity index (χ1v) is 11.3. The number of amides is 1. The molecule has 1 aliphatic heterocycles. The van der Waals surface area contributed by atoms with E-state index in [1.54, 1.807) is 12.1 Å². The maximum atomic E-state index is 13.4. The number of carbonyl (C=O) groups is 1. The Kier molecular flexibility index (Phi) is 6.17. The molecule has 2 aromatic heterocycles. The zero-order valence-corrected chi connectivity index (χ0v) is 18.8. The van der Waals surface area contributed by atoms with E-state index in [1.807, 2.05) is 29.3 Å². The quantitative estimate of drug-likeness (QED) is 0.415. The summed E-state index contributed by atoms with van der Waals surface area (Å²) in [4.78, 5) is 24.3. The van der Waals surface area contributed by atoms with Crippen molar-refractivity contribution in [1.82, 2.24) is 14.9 Å². The Labute approximate surface area is 200 Å². The zero-order valence-electron chi connectivity index (χ0n) is 18.8. The molecule has 5 rings (SSSR count). The van der Waals surface area contributed by atoms with E-state index in [0.717, 1.165) is 37.3 Å². The minimum atomic E-state index is -4.51. The van der Waals surface area contributed by atoms with E-state index in [9.17, 15) is 18.0 Å². The molecular weight excluding hydrogens is 455 g/mol. The lowest BCUT2D eigenvalue weighted by Crippen LogP contribution is -2.46. The Bertz CT molecular complexity index is 1330. The highest BCUT2D eigenvalue weighted by Gasteiger charge is 2.32. The van der Waals surface area contributed by atoms with Crippen LogP contribution in [0.25, 0.3) is 10.9 Å². The van der Waals surface area contributed by atoms with Gasteiger partial charge in [0.1, 0.15) is 5.69 Å². The van der Waals surface area contributed by atoms with Crippen LogP contribution in [0, 0.1) is 0 Å². The van der Waals surface area contributed by atoms with Crippen LogP contribution in [0.5, 0.6) is 0 Å². The summed E-state index contributed by atoms with van der Waals surface area (Å²) in [6.45, 7) is 3.52. The van der Waals surface area contributed by atoms with Crippen molar-refractivity contribution in [3.05, 3.63) is 89.9 Å². The number of fused-ring (bicyclic) bond motifs is 1. The number of carbonyl (C=O) groups excluding carboxylic acids is 1. The van der Waals surface area contributed by atoms with E-state index in [0.29, 0.717) is 18.8 Å². The number of halogens is 3. The number of piperazine rings is 1. The number of nitrogens with zero attached hydrogens (tertiary/aromatic N) is 3. The van der Waals surface area contributed by atoms with Crippen molar-refractivity contribution < 1.29 is 18.0 Å². The number of H-pyrrole nitrogens is 1. The third-order valence-electron chi connectivity index (χ3n) is 6.25. The molecule has 2 aromatic carbocycles. The number of aromatic nitrogens is 2. The van der Waals surface area contributed by atoms with E-state index in [-0.39, 0.29) is 11.4 Å². The van der Waals surface area contributed by atoms with E-state index >= 15 is 0 Å². The fraction of sp³-hybridized carbons (Fsp3) is 0.231. The predicted octanol–water partition coefficient (Wildman–Crippen LogP) is 5.16.